The fourth-order valence-corrected chi connectivity index (χ4v) is 0.652. The molecule has 68 valence electrons. The maximum Gasteiger partial charge on any atom is 0.308 e. The molecule has 0 saturated heterocycles. The van der Waals surface area contributed by atoms with E-state index in [1.54, 1.807) is 6.92 Å². The quantitative estimate of drug-likeness (QED) is 0.658. The van der Waals surface area contributed by atoms with Crippen molar-refractivity contribution >= 4 is 18.4 Å². The molecule has 0 radical (unpaired) electrons. The van der Waals surface area contributed by atoms with Gasteiger partial charge in [-0.05, 0) is 19.9 Å². The Kier molecular flexibility index (Phi) is 9.47. The van der Waals surface area contributed by atoms with Gasteiger partial charge in [0.1, 0.15) is 0 Å². The minimum Gasteiger partial charge on any atom is -0.466 e. The molecule has 4 heteroatoms. The zero-order chi connectivity index (χ0) is 7.98. The van der Waals surface area contributed by atoms with Crippen LogP contribution in [-0.2, 0) is 9.53 Å². The van der Waals surface area contributed by atoms with E-state index in [0.717, 1.165) is 0 Å². The van der Waals surface area contributed by atoms with E-state index in [9.17, 15) is 4.79 Å². The van der Waals surface area contributed by atoms with Gasteiger partial charge in [0.05, 0.1) is 12.5 Å². The highest BCUT2D eigenvalue weighted by atomic mass is 35.5. The Morgan fingerprint density at radius 2 is 2.18 bits per heavy atom. The fourth-order valence-electron chi connectivity index (χ4n) is 0.652. The second-order valence-electron chi connectivity index (χ2n) is 2.23. The predicted octanol–water partition coefficient (Wildman–Crippen LogP) is 0.956. The molecule has 0 aliphatic carbocycles. The molecule has 0 spiro atoms. The van der Waals surface area contributed by atoms with Crippen molar-refractivity contribution in [1.82, 2.24) is 0 Å². The molecule has 0 aliphatic heterocycles. The van der Waals surface area contributed by atoms with Crippen LogP contribution in [0.4, 0.5) is 0 Å². The molecule has 0 heterocycles. The molecular formula is C7H16ClNO2. The molecule has 0 aromatic rings. The number of esters is 1. The van der Waals surface area contributed by atoms with E-state index in [1.165, 1.54) is 0 Å². The molecule has 11 heavy (non-hydrogen) atoms. The van der Waals surface area contributed by atoms with Crippen molar-refractivity contribution in [2.45, 2.75) is 20.3 Å². The Labute approximate surface area is 73.7 Å². The largest absolute Gasteiger partial charge is 0.466 e. The van der Waals surface area contributed by atoms with Gasteiger partial charge < -0.3 is 10.5 Å². The van der Waals surface area contributed by atoms with E-state index in [4.69, 9.17) is 10.5 Å². The van der Waals surface area contributed by atoms with Crippen LogP contribution in [0.1, 0.15) is 20.3 Å². The minimum atomic E-state index is -0.145. The summed E-state index contributed by atoms with van der Waals surface area (Å²) in [6.07, 6.45) is 0.707. The summed E-state index contributed by atoms with van der Waals surface area (Å²) in [5.41, 5.74) is 5.26. The predicted molar refractivity (Wildman–Crippen MR) is 46.7 cm³/mol. The summed E-state index contributed by atoms with van der Waals surface area (Å²) in [4.78, 5) is 10.9. The number of ether oxygens (including phenoxy) is 1. The van der Waals surface area contributed by atoms with Crippen LogP contribution in [0.2, 0.25) is 0 Å². The van der Waals surface area contributed by atoms with Crippen LogP contribution in [0.3, 0.4) is 0 Å². The topological polar surface area (TPSA) is 52.3 Å². The first-order valence-electron chi connectivity index (χ1n) is 3.59. The van der Waals surface area contributed by atoms with E-state index in [0.29, 0.717) is 19.6 Å². The second kappa shape index (κ2) is 7.82. The van der Waals surface area contributed by atoms with Gasteiger partial charge in [0.25, 0.3) is 0 Å². The van der Waals surface area contributed by atoms with Crippen molar-refractivity contribution in [3.05, 3.63) is 0 Å². The summed E-state index contributed by atoms with van der Waals surface area (Å²) in [7, 11) is 0. The van der Waals surface area contributed by atoms with Gasteiger partial charge in [0.2, 0.25) is 0 Å². The van der Waals surface area contributed by atoms with E-state index in [2.05, 4.69) is 0 Å². The summed E-state index contributed by atoms with van der Waals surface area (Å²) >= 11 is 0. The lowest BCUT2D eigenvalue weighted by Gasteiger charge is -2.07. The van der Waals surface area contributed by atoms with Crippen LogP contribution in [-0.4, -0.2) is 19.1 Å². The van der Waals surface area contributed by atoms with Crippen molar-refractivity contribution in [3.63, 3.8) is 0 Å². The van der Waals surface area contributed by atoms with Crippen LogP contribution in [0.15, 0.2) is 0 Å². The highest BCUT2D eigenvalue weighted by Gasteiger charge is 2.11. The molecular weight excluding hydrogens is 166 g/mol. The van der Waals surface area contributed by atoms with Crippen LogP contribution in [0.25, 0.3) is 0 Å². The van der Waals surface area contributed by atoms with Gasteiger partial charge in [-0.2, -0.15) is 0 Å². The standard InChI is InChI=1S/C7H15NO2.ClH/c1-3-10-7(9)6(2)4-5-8;/h6H,3-5,8H2,1-2H3;1H. The van der Waals surface area contributed by atoms with Gasteiger partial charge in [-0.15, -0.1) is 12.4 Å². The first-order chi connectivity index (χ1) is 4.72. The molecule has 0 bridgehead atoms. The van der Waals surface area contributed by atoms with Crippen LogP contribution in [0.5, 0.6) is 0 Å². The Morgan fingerprint density at radius 1 is 1.64 bits per heavy atom. The first kappa shape index (κ1) is 13.3. The number of halogens is 1. The number of rotatable bonds is 4. The van der Waals surface area contributed by atoms with Crippen LogP contribution in [0, 0.1) is 5.92 Å². The first-order valence-corrected chi connectivity index (χ1v) is 3.59. The summed E-state index contributed by atoms with van der Waals surface area (Å²) in [6.45, 7) is 4.62. The van der Waals surface area contributed by atoms with Crippen molar-refractivity contribution in [2.24, 2.45) is 11.7 Å². The average molecular weight is 182 g/mol. The lowest BCUT2D eigenvalue weighted by Crippen LogP contribution is -2.17. The summed E-state index contributed by atoms with van der Waals surface area (Å²) < 4.78 is 4.76. The lowest BCUT2D eigenvalue weighted by molar-refractivity contribution is -0.147. The monoisotopic (exact) mass is 181 g/mol. The molecule has 1 atom stereocenters. The van der Waals surface area contributed by atoms with Crippen molar-refractivity contribution in [2.75, 3.05) is 13.2 Å². The van der Waals surface area contributed by atoms with Crippen LogP contribution < -0.4 is 5.73 Å². The van der Waals surface area contributed by atoms with Gasteiger partial charge in [-0.3, -0.25) is 4.79 Å². The molecule has 0 rings (SSSR count). The van der Waals surface area contributed by atoms with Gasteiger partial charge in [0, 0.05) is 0 Å². The Bertz CT molecular complexity index is 109. The van der Waals surface area contributed by atoms with E-state index >= 15 is 0 Å². The molecule has 2 N–H and O–H groups in total. The molecule has 0 saturated carbocycles. The van der Waals surface area contributed by atoms with Crippen molar-refractivity contribution in [1.29, 1.82) is 0 Å². The highest BCUT2D eigenvalue weighted by Crippen LogP contribution is 2.01. The maximum atomic E-state index is 10.9. The normalized spacial score (nSPS) is 11.5. The Hall–Kier alpha value is -0.280. The molecule has 0 aromatic heterocycles. The minimum absolute atomic E-state index is 0. The average Bonchev–Trinajstić information content (AvgIpc) is 1.89. The van der Waals surface area contributed by atoms with E-state index < -0.39 is 0 Å². The summed E-state index contributed by atoms with van der Waals surface area (Å²) in [5.74, 6) is -0.196. The van der Waals surface area contributed by atoms with E-state index in [1.807, 2.05) is 6.92 Å². The number of hydrogen-bond donors (Lipinski definition) is 1. The van der Waals surface area contributed by atoms with Crippen molar-refractivity contribution < 1.29 is 9.53 Å². The maximum absolute atomic E-state index is 10.9. The number of carbonyl (C=O) groups excluding carboxylic acids is 1. The fraction of sp³-hybridized carbons (Fsp3) is 0.857. The zero-order valence-electron chi connectivity index (χ0n) is 7.00. The van der Waals surface area contributed by atoms with Gasteiger partial charge in [0.15, 0.2) is 0 Å². The molecule has 1 unspecified atom stereocenters. The number of hydrogen-bond acceptors (Lipinski definition) is 3. The van der Waals surface area contributed by atoms with E-state index in [-0.39, 0.29) is 24.3 Å². The number of nitrogens with two attached hydrogens (primary N) is 1. The number of carbonyl (C=O) groups is 1. The van der Waals surface area contributed by atoms with Gasteiger partial charge >= 0.3 is 5.97 Å². The zero-order valence-corrected chi connectivity index (χ0v) is 7.82. The highest BCUT2D eigenvalue weighted by molar-refractivity contribution is 5.85. The third-order valence-corrected chi connectivity index (χ3v) is 1.29. The molecule has 0 fully saturated rings. The Balaban J connectivity index is 0. The van der Waals surface area contributed by atoms with Gasteiger partial charge in [-0.25, -0.2) is 0 Å². The van der Waals surface area contributed by atoms with Gasteiger partial charge in [-0.1, -0.05) is 6.92 Å². The third-order valence-electron chi connectivity index (χ3n) is 1.29. The van der Waals surface area contributed by atoms with Crippen molar-refractivity contribution in [3.8, 4) is 0 Å². The summed E-state index contributed by atoms with van der Waals surface area (Å²) in [6, 6.07) is 0. The lowest BCUT2D eigenvalue weighted by atomic mass is 10.1. The molecule has 0 aliphatic rings. The Morgan fingerprint density at radius 3 is 2.55 bits per heavy atom. The second-order valence-corrected chi connectivity index (χ2v) is 2.23. The SMILES string of the molecule is CCOC(=O)C(C)CCN.Cl. The molecule has 0 aromatic carbocycles. The molecule has 0 amide bonds. The molecule has 3 nitrogen and oxygen atoms in total. The van der Waals surface area contributed by atoms with Crippen LogP contribution >= 0.6 is 12.4 Å². The third kappa shape index (κ3) is 6.13. The summed E-state index contributed by atoms with van der Waals surface area (Å²) in [5, 5.41) is 0. The smallest absolute Gasteiger partial charge is 0.308 e.